The van der Waals surface area contributed by atoms with Gasteiger partial charge in [0.2, 0.25) is 0 Å². The van der Waals surface area contributed by atoms with Crippen molar-refractivity contribution in [2.24, 2.45) is 5.73 Å². The van der Waals surface area contributed by atoms with Crippen LogP contribution in [0.25, 0.3) is 0 Å². The Labute approximate surface area is 107 Å². The summed E-state index contributed by atoms with van der Waals surface area (Å²) >= 11 is 5.04. The van der Waals surface area contributed by atoms with Crippen molar-refractivity contribution < 1.29 is 4.74 Å². The van der Waals surface area contributed by atoms with Crippen molar-refractivity contribution in [2.45, 2.75) is 19.4 Å². The van der Waals surface area contributed by atoms with Gasteiger partial charge >= 0.3 is 0 Å². The Morgan fingerprint density at radius 2 is 2.47 bits per heavy atom. The quantitative estimate of drug-likeness (QED) is 0.804. The third-order valence-corrected chi connectivity index (χ3v) is 3.01. The Bertz CT molecular complexity index is 410. The van der Waals surface area contributed by atoms with Crippen LogP contribution >= 0.6 is 12.2 Å². The van der Waals surface area contributed by atoms with Crippen molar-refractivity contribution in [2.75, 3.05) is 24.6 Å². The zero-order valence-corrected chi connectivity index (χ0v) is 10.7. The zero-order chi connectivity index (χ0) is 12.3. The fourth-order valence-corrected chi connectivity index (χ4v) is 2.21. The second kappa shape index (κ2) is 5.42. The van der Waals surface area contributed by atoms with E-state index in [1.165, 1.54) is 0 Å². The van der Waals surface area contributed by atoms with Crippen molar-refractivity contribution in [3.8, 4) is 0 Å². The van der Waals surface area contributed by atoms with Gasteiger partial charge in [0.1, 0.15) is 10.7 Å². The first-order valence-corrected chi connectivity index (χ1v) is 6.20. The van der Waals surface area contributed by atoms with Gasteiger partial charge in [0, 0.05) is 25.9 Å². The predicted octanol–water partition coefficient (Wildman–Crippen LogP) is 1.33. The first-order valence-electron chi connectivity index (χ1n) is 5.80. The summed E-state index contributed by atoms with van der Waals surface area (Å²) in [5.74, 6) is 0. The van der Waals surface area contributed by atoms with Gasteiger partial charge in [0.05, 0.1) is 11.8 Å². The number of anilines is 1. The number of aromatic nitrogens is 1. The van der Waals surface area contributed by atoms with Crippen LogP contribution in [0.3, 0.4) is 0 Å². The molecule has 2 N–H and O–H groups in total. The highest BCUT2D eigenvalue weighted by atomic mass is 32.1. The second-order valence-corrected chi connectivity index (χ2v) is 4.66. The first-order chi connectivity index (χ1) is 8.18. The molecule has 1 aliphatic rings. The Morgan fingerprint density at radius 3 is 3.24 bits per heavy atom. The van der Waals surface area contributed by atoms with Gasteiger partial charge in [0.25, 0.3) is 0 Å². The van der Waals surface area contributed by atoms with Crippen LogP contribution < -0.4 is 10.6 Å². The molecule has 0 bridgehead atoms. The van der Waals surface area contributed by atoms with E-state index in [0.29, 0.717) is 10.7 Å². The van der Waals surface area contributed by atoms with Crippen molar-refractivity contribution >= 4 is 22.9 Å². The lowest BCUT2D eigenvalue weighted by molar-refractivity contribution is 0.0821. The minimum absolute atomic E-state index is 0.219. The number of ether oxygens (including phenoxy) is 1. The molecule has 1 aliphatic heterocycles. The van der Waals surface area contributed by atoms with E-state index in [9.17, 15) is 0 Å². The third kappa shape index (κ3) is 2.92. The number of hydrogen-bond acceptors (Lipinski definition) is 4. The molecule has 2 heterocycles. The van der Waals surface area contributed by atoms with Crippen molar-refractivity contribution in [3.05, 3.63) is 24.0 Å². The molecule has 92 valence electrons. The zero-order valence-electron chi connectivity index (χ0n) is 9.93. The topological polar surface area (TPSA) is 51.4 Å². The normalized spacial score (nSPS) is 21.0. The molecular weight excluding hydrogens is 234 g/mol. The van der Waals surface area contributed by atoms with Crippen LogP contribution in [0, 0.1) is 0 Å². The Balaban J connectivity index is 2.28. The fourth-order valence-electron chi connectivity index (χ4n) is 2.05. The number of nitrogens with two attached hydrogens (primary N) is 1. The van der Waals surface area contributed by atoms with E-state index in [1.54, 1.807) is 6.20 Å². The van der Waals surface area contributed by atoms with E-state index in [0.717, 1.165) is 31.8 Å². The Morgan fingerprint density at radius 1 is 1.65 bits per heavy atom. The number of pyridine rings is 1. The summed E-state index contributed by atoms with van der Waals surface area (Å²) in [6.45, 7) is 4.68. The number of thiocarbonyl (C=S) groups is 1. The number of nitrogens with zero attached hydrogens (tertiary/aromatic N) is 2. The largest absolute Gasteiger partial charge is 0.388 e. The molecule has 1 fully saturated rings. The molecule has 0 spiro atoms. The van der Waals surface area contributed by atoms with E-state index < -0.39 is 0 Å². The van der Waals surface area contributed by atoms with E-state index in [-0.39, 0.29) is 6.10 Å². The smallest absolute Gasteiger partial charge is 0.124 e. The monoisotopic (exact) mass is 251 g/mol. The molecule has 1 saturated heterocycles. The minimum Gasteiger partial charge on any atom is -0.388 e. The van der Waals surface area contributed by atoms with Crippen LogP contribution in [0.5, 0.6) is 0 Å². The lowest BCUT2D eigenvalue weighted by atomic mass is 10.2. The molecule has 1 atom stereocenters. The molecule has 5 heteroatoms. The Kier molecular flexibility index (Phi) is 3.91. The molecule has 0 amide bonds. The standard InChI is InChI=1S/C12H17N3OS/c1-9-8-15(6-3-7-16-9)10-4-2-5-14-11(10)12(13)17/h2,4-5,9H,3,6-8H2,1H3,(H2,13,17). The van der Waals surface area contributed by atoms with E-state index in [2.05, 4.69) is 16.8 Å². The lowest BCUT2D eigenvalue weighted by Crippen LogP contribution is -2.32. The van der Waals surface area contributed by atoms with Crippen molar-refractivity contribution in [1.29, 1.82) is 0 Å². The molecule has 4 nitrogen and oxygen atoms in total. The van der Waals surface area contributed by atoms with Crippen molar-refractivity contribution in [1.82, 2.24) is 4.98 Å². The first kappa shape index (κ1) is 12.3. The molecule has 2 rings (SSSR count). The van der Waals surface area contributed by atoms with Gasteiger partial charge < -0.3 is 15.4 Å². The third-order valence-electron chi connectivity index (χ3n) is 2.81. The minimum atomic E-state index is 0.219. The fraction of sp³-hybridized carbons (Fsp3) is 0.500. The Hall–Kier alpha value is -1.20. The van der Waals surface area contributed by atoms with Crippen LogP contribution in [0.15, 0.2) is 18.3 Å². The van der Waals surface area contributed by atoms with Crippen LogP contribution in [-0.4, -0.2) is 35.8 Å². The molecule has 17 heavy (non-hydrogen) atoms. The maximum absolute atomic E-state index is 5.71. The van der Waals surface area contributed by atoms with E-state index in [4.69, 9.17) is 22.7 Å². The van der Waals surface area contributed by atoms with Gasteiger partial charge in [-0.25, -0.2) is 0 Å². The van der Waals surface area contributed by atoms with Crippen LogP contribution in [0.1, 0.15) is 19.0 Å². The molecule has 0 radical (unpaired) electrons. The van der Waals surface area contributed by atoms with Crippen molar-refractivity contribution in [3.63, 3.8) is 0 Å². The summed E-state index contributed by atoms with van der Waals surface area (Å²) in [7, 11) is 0. The summed E-state index contributed by atoms with van der Waals surface area (Å²) in [4.78, 5) is 6.86. The molecule has 1 unspecified atom stereocenters. The van der Waals surface area contributed by atoms with E-state index in [1.807, 2.05) is 12.1 Å². The number of rotatable bonds is 2. The number of hydrogen-bond donors (Lipinski definition) is 1. The highest BCUT2D eigenvalue weighted by molar-refractivity contribution is 7.80. The second-order valence-electron chi connectivity index (χ2n) is 4.22. The average Bonchev–Trinajstić information content (AvgIpc) is 2.54. The summed E-state index contributed by atoms with van der Waals surface area (Å²) in [5, 5.41) is 0. The maximum atomic E-state index is 5.71. The molecule has 0 saturated carbocycles. The summed E-state index contributed by atoms with van der Waals surface area (Å²) in [5.41, 5.74) is 7.42. The highest BCUT2D eigenvalue weighted by Gasteiger charge is 2.18. The average molecular weight is 251 g/mol. The van der Waals surface area contributed by atoms with Gasteiger partial charge in [-0.05, 0) is 25.5 Å². The van der Waals surface area contributed by atoms with Gasteiger partial charge in [-0.3, -0.25) is 4.98 Å². The van der Waals surface area contributed by atoms with Gasteiger partial charge in [-0.15, -0.1) is 0 Å². The summed E-state index contributed by atoms with van der Waals surface area (Å²) < 4.78 is 5.63. The van der Waals surface area contributed by atoms with E-state index >= 15 is 0 Å². The van der Waals surface area contributed by atoms with Crippen LogP contribution in [0.4, 0.5) is 5.69 Å². The predicted molar refractivity (Wildman–Crippen MR) is 72.4 cm³/mol. The van der Waals surface area contributed by atoms with Gasteiger partial charge in [-0.2, -0.15) is 0 Å². The SMILES string of the molecule is CC1CN(c2cccnc2C(N)=S)CCCO1. The van der Waals surface area contributed by atoms with Crippen LogP contribution in [0.2, 0.25) is 0 Å². The summed E-state index contributed by atoms with van der Waals surface area (Å²) in [6, 6.07) is 3.92. The molecule has 0 aliphatic carbocycles. The van der Waals surface area contributed by atoms with Gasteiger partial charge in [-0.1, -0.05) is 12.2 Å². The molecule has 1 aromatic rings. The summed E-state index contributed by atoms with van der Waals surface area (Å²) in [6.07, 6.45) is 2.95. The van der Waals surface area contributed by atoms with Gasteiger partial charge in [0.15, 0.2) is 0 Å². The molecular formula is C12H17N3OS. The van der Waals surface area contributed by atoms with Crippen LogP contribution in [-0.2, 0) is 4.74 Å². The molecule has 1 aromatic heterocycles. The lowest BCUT2D eigenvalue weighted by Gasteiger charge is -2.25. The maximum Gasteiger partial charge on any atom is 0.124 e. The molecule has 0 aromatic carbocycles. The highest BCUT2D eigenvalue weighted by Crippen LogP contribution is 2.20.